The Hall–Kier alpha value is -0.950. The van der Waals surface area contributed by atoms with Gasteiger partial charge in [0.2, 0.25) is 11.2 Å². The smallest absolute Gasteiger partial charge is 0.299 e. The quantitative estimate of drug-likeness (QED) is 0.629. The molecule has 0 aromatic heterocycles. The Morgan fingerprint density at radius 1 is 1.44 bits per heavy atom. The second-order valence-electron chi connectivity index (χ2n) is 3.21. The predicted octanol–water partition coefficient (Wildman–Crippen LogP) is 1.04. The highest BCUT2D eigenvalue weighted by molar-refractivity contribution is 7.87. The average Bonchev–Trinajstić information content (AvgIpc) is 2.18. The third-order valence-corrected chi connectivity index (χ3v) is 3.00. The minimum atomic E-state index is -4.83. The highest BCUT2D eigenvalue weighted by Crippen LogP contribution is 2.20. The maximum Gasteiger partial charge on any atom is 0.299 e. The number of rotatable bonds is 3. The first kappa shape index (κ1) is 13.1. The average molecular weight is 265 g/mol. The van der Waals surface area contributed by atoms with Gasteiger partial charge in [0.15, 0.2) is 0 Å². The summed E-state index contributed by atoms with van der Waals surface area (Å²) in [6.45, 7) is 1.67. The number of aliphatic hydroxyl groups excluding tert-OH is 1. The van der Waals surface area contributed by atoms with Crippen LogP contribution in [0.25, 0.3) is 0 Å². The van der Waals surface area contributed by atoms with Crippen molar-refractivity contribution < 1.29 is 22.9 Å². The Labute approximate surface area is 97.4 Å². The minimum Gasteiger partial charge on any atom is -0.369 e. The maximum atomic E-state index is 11.5. The molecule has 0 spiro atoms. The van der Waals surface area contributed by atoms with Gasteiger partial charge in [-0.1, -0.05) is 23.2 Å². The fourth-order valence-corrected chi connectivity index (χ4v) is 1.70. The molecule has 0 amide bonds. The fourth-order valence-electron chi connectivity index (χ4n) is 1.10. The van der Waals surface area contributed by atoms with Crippen molar-refractivity contribution in [1.82, 2.24) is 0 Å². The molecule has 1 atom stereocenters. The number of benzene rings is 1. The molecule has 0 aliphatic rings. The van der Waals surface area contributed by atoms with Crippen LogP contribution >= 0.6 is 11.6 Å². The SMILES string of the molecule is Cc1ccc(Cl)c(C(=O)C(O)S(=O)(=O)O)c1. The third-order valence-electron chi connectivity index (χ3n) is 1.89. The zero-order valence-corrected chi connectivity index (χ0v) is 9.79. The summed E-state index contributed by atoms with van der Waals surface area (Å²) in [6, 6.07) is 4.36. The molecule has 1 aromatic carbocycles. The largest absolute Gasteiger partial charge is 0.369 e. The van der Waals surface area contributed by atoms with Crippen LogP contribution < -0.4 is 0 Å². The Kier molecular flexibility index (Phi) is 3.69. The monoisotopic (exact) mass is 264 g/mol. The molecule has 0 aliphatic carbocycles. The van der Waals surface area contributed by atoms with Crippen LogP contribution in [0.3, 0.4) is 0 Å². The summed E-state index contributed by atoms with van der Waals surface area (Å²) in [6.07, 6.45) is 0. The first-order chi connectivity index (χ1) is 7.23. The number of halogens is 1. The van der Waals surface area contributed by atoms with Crippen LogP contribution in [-0.2, 0) is 10.1 Å². The molecule has 1 aromatic rings. The van der Waals surface area contributed by atoms with E-state index in [-0.39, 0.29) is 10.6 Å². The molecular weight excluding hydrogens is 256 g/mol. The van der Waals surface area contributed by atoms with E-state index in [1.54, 1.807) is 13.0 Å². The van der Waals surface area contributed by atoms with E-state index in [2.05, 4.69) is 0 Å². The number of aliphatic hydroxyl groups is 1. The van der Waals surface area contributed by atoms with Gasteiger partial charge in [-0.25, -0.2) is 0 Å². The zero-order valence-electron chi connectivity index (χ0n) is 8.21. The Morgan fingerprint density at radius 2 is 2.00 bits per heavy atom. The summed E-state index contributed by atoms with van der Waals surface area (Å²) >= 11 is 5.68. The molecular formula is C9H9ClO5S. The van der Waals surface area contributed by atoms with Crippen LogP contribution in [0.4, 0.5) is 0 Å². The molecule has 0 bridgehead atoms. The van der Waals surface area contributed by atoms with E-state index in [9.17, 15) is 13.2 Å². The molecule has 0 aliphatic heterocycles. The fraction of sp³-hybridized carbons (Fsp3) is 0.222. The second-order valence-corrected chi connectivity index (χ2v) is 5.10. The number of Topliss-reactive ketones (excluding diaryl/α,β-unsaturated/α-hetero) is 1. The standard InChI is InChI=1S/C9H9ClO5S/c1-5-2-3-7(10)6(4-5)8(11)9(12)16(13,14)15/h2-4,9,12H,1H3,(H,13,14,15). The summed E-state index contributed by atoms with van der Waals surface area (Å²) in [5.41, 5.74) is -1.98. The van der Waals surface area contributed by atoms with E-state index in [0.29, 0.717) is 5.56 Å². The van der Waals surface area contributed by atoms with Crippen LogP contribution in [0, 0.1) is 6.92 Å². The Balaban J connectivity index is 3.20. The van der Waals surface area contributed by atoms with Crippen molar-refractivity contribution in [2.24, 2.45) is 0 Å². The van der Waals surface area contributed by atoms with Crippen molar-refractivity contribution in [2.45, 2.75) is 12.4 Å². The molecule has 88 valence electrons. The molecule has 0 radical (unpaired) electrons. The normalized spacial score (nSPS) is 13.5. The number of hydrogen-bond acceptors (Lipinski definition) is 4. The predicted molar refractivity (Wildman–Crippen MR) is 58.1 cm³/mol. The van der Waals surface area contributed by atoms with Crippen LogP contribution in [0.2, 0.25) is 5.02 Å². The van der Waals surface area contributed by atoms with Gasteiger partial charge >= 0.3 is 0 Å². The number of hydrogen-bond donors (Lipinski definition) is 2. The van der Waals surface area contributed by atoms with Crippen LogP contribution in [0.1, 0.15) is 15.9 Å². The first-order valence-electron chi connectivity index (χ1n) is 4.18. The van der Waals surface area contributed by atoms with Crippen molar-refractivity contribution in [3.8, 4) is 0 Å². The van der Waals surface area contributed by atoms with E-state index in [1.165, 1.54) is 12.1 Å². The van der Waals surface area contributed by atoms with Crippen molar-refractivity contribution in [3.05, 3.63) is 34.3 Å². The molecule has 5 nitrogen and oxygen atoms in total. The molecule has 2 N–H and O–H groups in total. The lowest BCUT2D eigenvalue weighted by molar-refractivity contribution is 0.0848. The molecule has 0 saturated carbocycles. The van der Waals surface area contributed by atoms with Gasteiger partial charge in [-0.2, -0.15) is 8.42 Å². The van der Waals surface area contributed by atoms with E-state index < -0.39 is 21.3 Å². The van der Waals surface area contributed by atoms with E-state index >= 15 is 0 Å². The molecule has 0 saturated heterocycles. The van der Waals surface area contributed by atoms with Gasteiger partial charge in [0.05, 0.1) is 5.02 Å². The van der Waals surface area contributed by atoms with Crippen LogP contribution in [0.5, 0.6) is 0 Å². The molecule has 0 heterocycles. The highest BCUT2D eigenvalue weighted by atomic mass is 35.5. The molecule has 16 heavy (non-hydrogen) atoms. The van der Waals surface area contributed by atoms with Gasteiger partial charge in [-0.05, 0) is 19.1 Å². The summed E-state index contributed by atoms with van der Waals surface area (Å²) in [5.74, 6) is -1.16. The van der Waals surface area contributed by atoms with Gasteiger partial charge in [-0.3, -0.25) is 9.35 Å². The maximum absolute atomic E-state index is 11.5. The molecule has 7 heteroatoms. The summed E-state index contributed by atoms with van der Waals surface area (Å²) in [4.78, 5) is 11.5. The van der Waals surface area contributed by atoms with Gasteiger partial charge in [0.1, 0.15) is 0 Å². The minimum absolute atomic E-state index is 0.0123. The number of carbonyl (C=O) groups is 1. The van der Waals surface area contributed by atoms with Crippen LogP contribution in [-0.4, -0.2) is 29.3 Å². The third kappa shape index (κ3) is 2.79. The Morgan fingerprint density at radius 3 is 2.50 bits per heavy atom. The molecule has 1 unspecified atom stereocenters. The Bertz CT molecular complexity index is 523. The van der Waals surface area contributed by atoms with Crippen molar-refractivity contribution >= 4 is 27.5 Å². The van der Waals surface area contributed by atoms with Crippen molar-refractivity contribution in [3.63, 3.8) is 0 Å². The van der Waals surface area contributed by atoms with Crippen molar-refractivity contribution in [1.29, 1.82) is 0 Å². The summed E-state index contributed by atoms with van der Waals surface area (Å²) in [5, 5.41) is 9.09. The lowest BCUT2D eigenvalue weighted by Gasteiger charge is -2.08. The van der Waals surface area contributed by atoms with Crippen molar-refractivity contribution in [2.75, 3.05) is 0 Å². The zero-order chi connectivity index (χ0) is 12.5. The van der Waals surface area contributed by atoms with E-state index in [4.69, 9.17) is 21.3 Å². The summed E-state index contributed by atoms with van der Waals surface area (Å²) in [7, 11) is -4.83. The topological polar surface area (TPSA) is 91.7 Å². The number of ketones is 1. The van der Waals surface area contributed by atoms with Gasteiger partial charge in [0, 0.05) is 5.56 Å². The molecule has 0 fully saturated rings. The van der Waals surface area contributed by atoms with Gasteiger partial charge in [-0.15, -0.1) is 0 Å². The number of carbonyl (C=O) groups excluding carboxylic acids is 1. The van der Waals surface area contributed by atoms with E-state index in [1.807, 2.05) is 0 Å². The number of aryl methyl sites for hydroxylation is 1. The highest BCUT2D eigenvalue weighted by Gasteiger charge is 2.30. The van der Waals surface area contributed by atoms with E-state index in [0.717, 1.165) is 0 Å². The second kappa shape index (κ2) is 4.50. The molecule has 1 rings (SSSR count). The van der Waals surface area contributed by atoms with Gasteiger partial charge in [0.25, 0.3) is 10.1 Å². The van der Waals surface area contributed by atoms with Crippen LogP contribution in [0.15, 0.2) is 18.2 Å². The summed E-state index contributed by atoms with van der Waals surface area (Å²) < 4.78 is 29.7. The lowest BCUT2D eigenvalue weighted by atomic mass is 10.1. The lowest BCUT2D eigenvalue weighted by Crippen LogP contribution is -2.29. The van der Waals surface area contributed by atoms with Gasteiger partial charge < -0.3 is 5.11 Å². The first-order valence-corrected chi connectivity index (χ1v) is 6.06.